The molecule has 18 heavy (non-hydrogen) atoms. The predicted octanol–water partition coefficient (Wildman–Crippen LogP) is 2.04. The number of aliphatic hydroxyl groups excluding tert-OH is 1. The van der Waals surface area contributed by atoms with Gasteiger partial charge in [-0.15, -0.1) is 0 Å². The van der Waals surface area contributed by atoms with Crippen LogP contribution in [0.5, 0.6) is 0 Å². The number of Topliss-reactive ketones (excluding diaryl/α,β-unsaturated/α-hetero) is 1. The molecule has 0 saturated carbocycles. The highest BCUT2D eigenvalue weighted by molar-refractivity contribution is 7.91. The molecule has 0 aromatic rings. The highest BCUT2D eigenvalue weighted by atomic mass is 32.2. The molecule has 0 amide bonds. The molecule has 0 saturated heterocycles. The normalized spacial score (nSPS) is 19.3. The van der Waals surface area contributed by atoms with E-state index in [-0.39, 0.29) is 16.4 Å². The zero-order valence-electron chi connectivity index (χ0n) is 11.2. The standard InChI is InChI=1S/C13H18O4S/c1-7(2)10-8(14)6-9(11(15)12(10)16)18(17)13(3,4)5/h6-7,16H,1-5H3. The first-order chi connectivity index (χ1) is 8.07. The van der Waals surface area contributed by atoms with Gasteiger partial charge in [-0.25, -0.2) is 0 Å². The van der Waals surface area contributed by atoms with E-state index in [4.69, 9.17) is 0 Å². The van der Waals surface area contributed by atoms with Crippen molar-refractivity contribution in [2.24, 2.45) is 5.92 Å². The van der Waals surface area contributed by atoms with Crippen LogP contribution in [0, 0.1) is 5.92 Å². The molecule has 0 heterocycles. The summed E-state index contributed by atoms with van der Waals surface area (Å²) in [6.07, 6.45) is 1.10. The second-order valence-electron chi connectivity index (χ2n) is 5.50. The van der Waals surface area contributed by atoms with Gasteiger partial charge in [0.05, 0.1) is 15.7 Å². The molecule has 5 heteroatoms. The Balaban J connectivity index is 3.26. The SMILES string of the molecule is CC(C)C1=C(O)C(=O)C(S(=O)C(C)(C)C)=CC1=O. The molecular weight excluding hydrogens is 252 g/mol. The van der Waals surface area contributed by atoms with Gasteiger partial charge in [-0.1, -0.05) is 13.8 Å². The summed E-state index contributed by atoms with van der Waals surface area (Å²) < 4.78 is 11.5. The minimum atomic E-state index is -1.63. The number of rotatable bonds is 2. The van der Waals surface area contributed by atoms with Crippen molar-refractivity contribution in [3.8, 4) is 0 Å². The first-order valence-electron chi connectivity index (χ1n) is 5.73. The van der Waals surface area contributed by atoms with Crippen LogP contribution < -0.4 is 0 Å². The Morgan fingerprint density at radius 3 is 2.11 bits per heavy atom. The third kappa shape index (κ3) is 2.61. The lowest BCUT2D eigenvalue weighted by molar-refractivity contribution is -0.117. The molecule has 1 aliphatic carbocycles. The van der Waals surface area contributed by atoms with E-state index in [1.165, 1.54) is 0 Å². The van der Waals surface area contributed by atoms with Gasteiger partial charge in [-0.05, 0) is 26.7 Å². The maximum Gasteiger partial charge on any atom is 0.236 e. The highest BCUT2D eigenvalue weighted by Crippen LogP contribution is 2.28. The van der Waals surface area contributed by atoms with E-state index >= 15 is 0 Å². The minimum absolute atomic E-state index is 0.0923. The Morgan fingerprint density at radius 1 is 1.22 bits per heavy atom. The third-order valence-corrected chi connectivity index (χ3v) is 4.37. The van der Waals surface area contributed by atoms with Crippen molar-refractivity contribution in [1.82, 2.24) is 0 Å². The Kier molecular flexibility index (Phi) is 3.96. The molecule has 0 aliphatic heterocycles. The molecule has 0 bridgehead atoms. The predicted molar refractivity (Wildman–Crippen MR) is 70.5 cm³/mol. The lowest BCUT2D eigenvalue weighted by atomic mass is 9.92. The molecule has 0 radical (unpaired) electrons. The largest absolute Gasteiger partial charge is 0.504 e. The second kappa shape index (κ2) is 4.80. The summed E-state index contributed by atoms with van der Waals surface area (Å²) in [5, 5.41) is 9.80. The van der Waals surface area contributed by atoms with E-state index in [0.29, 0.717) is 0 Å². The lowest BCUT2D eigenvalue weighted by Gasteiger charge is -2.22. The van der Waals surface area contributed by atoms with Crippen LogP contribution in [0.3, 0.4) is 0 Å². The molecule has 1 unspecified atom stereocenters. The van der Waals surface area contributed by atoms with E-state index in [2.05, 4.69) is 0 Å². The smallest absolute Gasteiger partial charge is 0.236 e. The van der Waals surface area contributed by atoms with Gasteiger partial charge in [0.1, 0.15) is 0 Å². The van der Waals surface area contributed by atoms with E-state index in [0.717, 1.165) is 6.08 Å². The van der Waals surface area contributed by atoms with Crippen LogP contribution in [-0.4, -0.2) is 25.6 Å². The van der Waals surface area contributed by atoms with Crippen LogP contribution in [0.15, 0.2) is 22.3 Å². The molecular formula is C13H18O4S. The van der Waals surface area contributed by atoms with Crippen molar-refractivity contribution in [1.29, 1.82) is 0 Å². The fraction of sp³-hybridized carbons (Fsp3) is 0.538. The average molecular weight is 270 g/mol. The summed E-state index contributed by atoms with van der Waals surface area (Å²) in [5.74, 6) is -1.95. The van der Waals surface area contributed by atoms with Gasteiger partial charge in [0.15, 0.2) is 11.5 Å². The monoisotopic (exact) mass is 270 g/mol. The van der Waals surface area contributed by atoms with Crippen LogP contribution in [0.2, 0.25) is 0 Å². The zero-order valence-corrected chi connectivity index (χ0v) is 12.1. The van der Waals surface area contributed by atoms with E-state index in [9.17, 15) is 18.9 Å². The van der Waals surface area contributed by atoms with Crippen LogP contribution in [0.25, 0.3) is 0 Å². The fourth-order valence-electron chi connectivity index (χ4n) is 1.64. The van der Waals surface area contributed by atoms with Crippen LogP contribution in [0.4, 0.5) is 0 Å². The van der Waals surface area contributed by atoms with E-state index < -0.39 is 32.9 Å². The zero-order chi connectivity index (χ0) is 14.2. The van der Waals surface area contributed by atoms with Crippen molar-refractivity contribution in [3.05, 3.63) is 22.3 Å². The van der Waals surface area contributed by atoms with Crippen LogP contribution in [-0.2, 0) is 20.4 Å². The summed E-state index contributed by atoms with van der Waals surface area (Å²) in [5.41, 5.74) is 0.0923. The van der Waals surface area contributed by atoms with Gasteiger partial charge in [0.2, 0.25) is 5.78 Å². The number of ketones is 2. The van der Waals surface area contributed by atoms with Crippen molar-refractivity contribution in [2.75, 3.05) is 0 Å². The van der Waals surface area contributed by atoms with Crippen molar-refractivity contribution in [2.45, 2.75) is 39.4 Å². The van der Waals surface area contributed by atoms with Crippen LogP contribution in [0.1, 0.15) is 34.6 Å². The molecule has 0 spiro atoms. The Morgan fingerprint density at radius 2 is 1.72 bits per heavy atom. The Bertz CT molecular complexity index is 490. The van der Waals surface area contributed by atoms with Crippen molar-refractivity contribution < 1.29 is 18.9 Å². The lowest BCUT2D eigenvalue weighted by Crippen LogP contribution is -2.31. The number of hydrogen-bond donors (Lipinski definition) is 1. The van der Waals surface area contributed by atoms with Gasteiger partial charge in [-0.2, -0.15) is 0 Å². The molecule has 100 valence electrons. The van der Waals surface area contributed by atoms with E-state index in [1.807, 2.05) is 0 Å². The molecule has 1 atom stereocenters. The maximum absolute atomic E-state index is 12.1. The third-order valence-electron chi connectivity index (χ3n) is 2.55. The number of carbonyl (C=O) groups is 2. The van der Waals surface area contributed by atoms with Gasteiger partial charge >= 0.3 is 0 Å². The summed E-state index contributed by atoms with van der Waals surface area (Å²) in [6.45, 7) is 8.56. The highest BCUT2D eigenvalue weighted by Gasteiger charge is 2.36. The molecule has 0 aromatic carbocycles. The molecule has 4 nitrogen and oxygen atoms in total. The minimum Gasteiger partial charge on any atom is -0.504 e. The Labute approximate surface area is 109 Å². The number of aliphatic hydroxyl groups is 1. The van der Waals surface area contributed by atoms with Crippen LogP contribution >= 0.6 is 0 Å². The summed E-state index contributed by atoms with van der Waals surface area (Å²) in [6, 6.07) is 0. The van der Waals surface area contributed by atoms with E-state index in [1.54, 1.807) is 34.6 Å². The quantitative estimate of drug-likeness (QED) is 0.779. The summed E-state index contributed by atoms with van der Waals surface area (Å²) in [4.78, 5) is 23.7. The number of carbonyl (C=O) groups excluding carboxylic acids is 2. The van der Waals surface area contributed by atoms with Gasteiger partial charge in [-0.3, -0.25) is 13.8 Å². The number of hydrogen-bond acceptors (Lipinski definition) is 4. The first-order valence-corrected chi connectivity index (χ1v) is 6.88. The molecule has 0 aromatic heterocycles. The number of allylic oxidation sites excluding steroid dienone is 3. The van der Waals surface area contributed by atoms with Crippen molar-refractivity contribution in [3.63, 3.8) is 0 Å². The summed E-state index contributed by atoms with van der Waals surface area (Å²) in [7, 11) is -1.63. The second-order valence-corrected chi connectivity index (χ2v) is 7.70. The Hall–Kier alpha value is -1.23. The summed E-state index contributed by atoms with van der Waals surface area (Å²) >= 11 is 0. The molecule has 1 aliphatic rings. The fourth-order valence-corrected chi connectivity index (χ4v) is 2.78. The topological polar surface area (TPSA) is 71.4 Å². The molecule has 1 N–H and O–H groups in total. The first kappa shape index (κ1) is 14.8. The van der Waals surface area contributed by atoms with Gasteiger partial charge in [0.25, 0.3) is 0 Å². The maximum atomic E-state index is 12.1. The van der Waals surface area contributed by atoms with Gasteiger partial charge < -0.3 is 5.11 Å². The molecule has 0 fully saturated rings. The van der Waals surface area contributed by atoms with Gasteiger partial charge in [0, 0.05) is 16.4 Å². The molecule has 1 rings (SSSR count). The average Bonchev–Trinajstić information content (AvgIpc) is 2.20. The van der Waals surface area contributed by atoms with Crippen molar-refractivity contribution >= 4 is 22.4 Å².